The number of benzene rings is 1. The summed E-state index contributed by atoms with van der Waals surface area (Å²) in [7, 11) is 0. The van der Waals surface area contributed by atoms with Gasteiger partial charge in [0.15, 0.2) is 5.82 Å². The summed E-state index contributed by atoms with van der Waals surface area (Å²) < 4.78 is 13.0. The fourth-order valence-electron chi connectivity index (χ4n) is 1.53. The number of nitriles is 1. The largest absolute Gasteiger partial charge is 0.233 e. The first-order chi connectivity index (χ1) is 8.52. The van der Waals surface area contributed by atoms with E-state index in [4.69, 9.17) is 16.9 Å². The molecule has 18 heavy (non-hydrogen) atoms. The number of aromatic nitrogens is 2. The Bertz CT molecular complexity index is 662. The molecular formula is C13H9ClFN3. The van der Waals surface area contributed by atoms with Crippen molar-refractivity contribution in [3.8, 4) is 17.5 Å². The topological polar surface area (TPSA) is 49.6 Å². The fraction of sp³-hybridized carbons (Fsp3) is 0.154. The second-order valence-corrected chi connectivity index (χ2v) is 4.25. The highest BCUT2D eigenvalue weighted by Crippen LogP contribution is 2.26. The van der Waals surface area contributed by atoms with E-state index in [0.717, 1.165) is 5.56 Å². The average molecular weight is 262 g/mol. The van der Waals surface area contributed by atoms with Gasteiger partial charge in [-0.25, -0.2) is 14.4 Å². The minimum absolute atomic E-state index is 0.224. The van der Waals surface area contributed by atoms with Gasteiger partial charge in [-0.05, 0) is 32.0 Å². The maximum atomic E-state index is 13.0. The third-order valence-electron chi connectivity index (χ3n) is 2.67. The van der Waals surface area contributed by atoms with Crippen molar-refractivity contribution < 1.29 is 4.39 Å². The highest BCUT2D eigenvalue weighted by molar-refractivity contribution is 6.33. The summed E-state index contributed by atoms with van der Waals surface area (Å²) >= 11 is 5.95. The molecule has 1 aromatic carbocycles. The molecule has 0 fully saturated rings. The van der Waals surface area contributed by atoms with Crippen LogP contribution in [-0.2, 0) is 0 Å². The van der Waals surface area contributed by atoms with Crippen LogP contribution in [0.1, 0.15) is 17.0 Å². The van der Waals surface area contributed by atoms with Gasteiger partial charge in [-0.1, -0.05) is 11.6 Å². The van der Waals surface area contributed by atoms with Crippen LogP contribution in [0.3, 0.4) is 0 Å². The first-order valence-corrected chi connectivity index (χ1v) is 5.61. The molecule has 2 aromatic rings. The van der Waals surface area contributed by atoms with E-state index in [1.807, 2.05) is 6.07 Å². The van der Waals surface area contributed by atoms with Crippen molar-refractivity contribution in [2.75, 3.05) is 0 Å². The molecular weight excluding hydrogens is 253 g/mol. The van der Waals surface area contributed by atoms with Gasteiger partial charge in [0.1, 0.15) is 17.6 Å². The highest BCUT2D eigenvalue weighted by Gasteiger charge is 2.12. The molecule has 0 bridgehead atoms. The molecule has 1 aromatic heterocycles. The molecule has 0 saturated carbocycles. The van der Waals surface area contributed by atoms with E-state index in [1.165, 1.54) is 18.2 Å². The zero-order valence-electron chi connectivity index (χ0n) is 9.83. The molecule has 2 rings (SSSR count). The molecule has 0 radical (unpaired) electrons. The van der Waals surface area contributed by atoms with Crippen molar-refractivity contribution in [1.82, 2.24) is 9.97 Å². The standard InChI is InChI=1S/C13H9ClFN3/c1-7-8(2)17-13(18-12(7)6-16)10-4-3-9(15)5-11(10)14/h3-5H,1-2H3. The van der Waals surface area contributed by atoms with Crippen LogP contribution in [0.25, 0.3) is 11.4 Å². The van der Waals surface area contributed by atoms with E-state index < -0.39 is 5.82 Å². The van der Waals surface area contributed by atoms with E-state index in [-0.39, 0.29) is 5.02 Å². The summed E-state index contributed by atoms with van der Waals surface area (Å²) in [5.74, 6) is -0.0901. The van der Waals surface area contributed by atoms with E-state index >= 15 is 0 Å². The second-order valence-electron chi connectivity index (χ2n) is 3.84. The second kappa shape index (κ2) is 4.71. The molecule has 0 aliphatic carbocycles. The number of aryl methyl sites for hydroxylation is 1. The first-order valence-electron chi connectivity index (χ1n) is 5.23. The molecule has 3 nitrogen and oxygen atoms in total. The van der Waals surface area contributed by atoms with Gasteiger partial charge in [0, 0.05) is 16.8 Å². The van der Waals surface area contributed by atoms with Gasteiger partial charge in [0.05, 0.1) is 5.02 Å². The van der Waals surface area contributed by atoms with Crippen molar-refractivity contribution in [2.24, 2.45) is 0 Å². The van der Waals surface area contributed by atoms with E-state index in [9.17, 15) is 4.39 Å². The Hall–Kier alpha value is -1.99. The normalized spacial score (nSPS) is 10.2. The smallest absolute Gasteiger partial charge is 0.162 e. The van der Waals surface area contributed by atoms with Crippen molar-refractivity contribution in [3.63, 3.8) is 0 Å². The lowest BCUT2D eigenvalue weighted by atomic mass is 10.1. The van der Waals surface area contributed by atoms with E-state index in [2.05, 4.69) is 9.97 Å². The monoisotopic (exact) mass is 261 g/mol. The Balaban J connectivity index is 2.65. The summed E-state index contributed by atoms with van der Waals surface area (Å²) in [6, 6.07) is 5.99. The van der Waals surface area contributed by atoms with Crippen LogP contribution in [0, 0.1) is 31.0 Å². The lowest BCUT2D eigenvalue weighted by Crippen LogP contribution is -2.00. The Morgan fingerprint density at radius 1 is 1.28 bits per heavy atom. The van der Waals surface area contributed by atoms with Crippen LogP contribution in [0.2, 0.25) is 5.02 Å². The van der Waals surface area contributed by atoms with E-state index in [1.54, 1.807) is 13.8 Å². The summed E-state index contributed by atoms with van der Waals surface area (Å²) in [6.07, 6.45) is 0. The third-order valence-corrected chi connectivity index (χ3v) is 2.98. The number of nitrogens with zero attached hydrogens (tertiary/aromatic N) is 3. The highest BCUT2D eigenvalue weighted by atomic mass is 35.5. The average Bonchev–Trinajstić information content (AvgIpc) is 2.32. The number of hydrogen-bond acceptors (Lipinski definition) is 3. The van der Waals surface area contributed by atoms with Crippen molar-refractivity contribution in [3.05, 3.63) is 46.0 Å². The lowest BCUT2D eigenvalue weighted by molar-refractivity contribution is 0.628. The van der Waals surface area contributed by atoms with Gasteiger partial charge < -0.3 is 0 Å². The SMILES string of the molecule is Cc1nc(-c2ccc(F)cc2Cl)nc(C#N)c1C. The van der Waals surface area contributed by atoms with Crippen LogP contribution in [0.5, 0.6) is 0 Å². The molecule has 0 N–H and O–H groups in total. The predicted octanol–water partition coefficient (Wildman–Crippen LogP) is 3.42. The van der Waals surface area contributed by atoms with Crippen LogP contribution in [0.15, 0.2) is 18.2 Å². The molecule has 0 amide bonds. The van der Waals surface area contributed by atoms with Gasteiger partial charge >= 0.3 is 0 Å². The quantitative estimate of drug-likeness (QED) is 0.790. The Labute approximate surface area is 109 Å². The molecule has 90 valence electrons. The van der Waals surface area contributed by atoms with Gasteiger partial charge in [-0.15, -0.1) is 0 Å². The maximum Gasteiger partial charge on any atom is 0.162 e. The number of hydrogen-bond donors (Lipinski definition) is 0. The number of halogens is 2. The van der Waals surface area contributed by atoms with Crippen LogP contribution >= 0.6 is 11.6 Å². The molecule has 0 atom stereocenters. The van der Waals surface area contributed by atoms with Crippen molar-refractivity contribution in [1.29, 1.82) is 5.26 Å². The van der Waals surface area contributed by atoms with E-state index in [0.29, 0.717) is 22.8 Å². The molecule has 0 unspecified atom stereocenters. The summed E-state index contributed by atoms with van der Waals surface area (Å²) in [5, 5.41) is 9.22. The van der Waals surface area contributed by atoms with Gasteiger partial charge in [-0.3, -0.25) is 0 Å². The summed E-state index contributed by atoms with van der Waals surface area (Å²) in [5.41, 5.74) is 2.26. The zero-order valence-corrected chi connectivity index (χ0v) is 10.6. The minimum Gasteiger partial charge on any atom is -0.233 e. The molecule has 0 spiro atoms. The van der Waals surface area contributed by atoms with Crippen LogP contribution < -0.4 is 0 Å². The van der Waals surface area contributed by atoms with Crippen LogP contribution in [0.4, 0.5) is 4.39 Å². The van der Waals surface area contributed by atoms with Crippen LogP contribution in [-0.4, -0.2) is 9.97 Å². The van der Waals surface area contributed by atoms with Gasteiger partial charge in [-0.2, -0.15) is 5.26 Å². The summed E-state index contributed by atoms with van der Waals surface area (Å²) in [4.78, 5) is 8.41. The molecule has 0 aliphatic heterocycles. The molecule has 0 saturated heterocycles. The number of rotatable bonds is 1. The zero-order chi connectivity index (χ0) is 13.3. The Morgan fingerprint density at radius 3 is 2.61 bits per heavy atom. The van der Waals surface area contributed by atoms with Gasteiger partial charge in [0.25, 0.3) is 0 Å². The molecule has 1 heterocycles. The fourth-order valence-corrected chi connectivity index (χ4v) is 1.78. The molecule has 5 heteroatoms. The Morgan fingerprint density at radius 2 is 2.00 bits per heavy atom. The van der Waals surface area contributed by atoms with Crippen molar-refractivity contribution >= 4 is 11.6 Å². The maximum absolute atomic E-state index is 13.0. The first kappa shape index (κ1) is 12.5. The third kappa shape index (κ3) is 2.18. The lowest BCUT2D eigenvalue weighted by Gasteiger charge is -2.07. The van der Waals surface area contributed by atoms with Gasteiger partial charge in [0.2, 0.25) is 0 Å². The predicted molar refractivity (Wildman–Crippen MR) is 66.6 cm³/mol. The van der Waals surface area contributed by atoms with Crippen molar-refractivity contribution in [2.45, 2.75) is 13.8 Å². The molecule has 0 aliphatic rings. The summed E-state index contributed by atoms with van der Waals surface area (Å²) in [6.45, 7) is 3.57. The Kier molecular flexibility index (Phi) is 3.26. The minimum atomic E-state index is -0.423.